The summed E-state index contributed by atoms with van der Waals surface area (Å²) in [5, 5.41) is 0. The molecule has 0 aliphatic carbocycles. The molecule has 0 spiro atoms. The van der Waals surface area contributed by atoms with Crippen molar-refractivity contribution in [3.8, 4) is 11.5 Å². The first-order valence-electron chi connectivity index (χ1n) is 7.58. The van der Waals surface area contributed by atoms with Gasteiger partial charge in [0.25, 0.3) is 0 Å². The van der Waals surface area contributed by atoms with Crippen molar-refractivity contribution >= 4 is 11.6 Å². The van der Waals surface area contributed by atoms with E-state index >= 15 is 0 Å². The lowest BCUT2D eigenvalue weighted by Gasteiger charge is -2.17. The van der Waals surface area contributed by atoms with Gasteiger partial charge in [0.1, 0.15) is 17.1 Å². The van der Waals surface area contributed by atoms with E-state index in [1.807, 2.05) is 0 Å². The predicted molar refractivity (Wildman–Crippen MR) is 82.5 cm³/mol. The van der Waals surface area contributed by atoms with E-state index in [1.54, 1.807) is 45.9 Å². The quantitative estimate of drug-likeness (QED) is 0.516. The molecule has 0 heterocycles. The molecule has 1 aromatic carbocycles. The van der Waals surface area contributed by atoms with Gasteiger partial charge in [-0.15, -0.1) is 0 Å². The molecule has 0 bridgehead atoms. The minimum absolute atomic E-state index is 0.00430. The van der Waals surface area contributed by atoms with Crippen molar-refractivity contribution in [2.45, 2.75) is 40.3 Å². The molecular formula is C17H23FO4. The van der Waals surface area contributed by atoms with Crippen LogP contribution < -0.4 is 9.47 Å². The summed E-state index contributed by atoms with van der Waals surface area (Å²) >= 11 is 0. The van der Waals surface area contributed by atoms with Gasteiger partial charge >= 0.3 is 0 Å². The van der Waals surface area contributed by atoms with E-state index in [0.717, 1.165) is 0 Å². The highest BCUT2D eigenvalue weighted by atomic mass is 19.1. The fourth-order valence-electron chi connectivity index (χ4n) is 2.01. The molecule has 1 rings (SSSR count). The van der Waals surface area contributed by atoms with E-state index in [-0.39, 0.29) is 17.1 Å². The molecule has 0 N–H and O–H groups in total. The summed E-state index contributed by atoms with van der Waals surface area (Å²) < 4.78 is 25.1. The first-order valence-corrected chi connectivity index (χ1v) is 7.58. The van der Waals surface area contributed by atoms with Gasteiger partial charge in [0.05, 0.1) is 13.2 Å². The molecule has 5 heteroatoms. The van der Waals surface area contributed by atoms with Crippen LogP contribution in [-0.4, -0.2) is 31.0 Å². The maximum atomic E-state index is 14.3. The van der Waals surface area contributed by atoms with Gasteiger partial charge in [-0.2, -0.15) is 0 Å². The third-order valence-corrected chi connectivity index (χ3v) is 3.41. The van der Waals surface area contributed by atoms with E-state index in [4.69, 9.17) is 9.47 Å². The molecule has 0 aromatic heterocycles. The van der Waals surface area contributed by atoms with Gasteiger partial charge in [-0.1, -0.05) is 19.9 Å². The highest BCUT2D eigenvalue weighted by molar-refractivity contribution is 6.16. The summed E-state index contributed by atoms with van der Waals surface area (Å²) in [5.74, 6) is -1.65. The third-order valence-electron chi connectivity index (χ3n) is 3.41. The van der Waals surface area contributed by atoms with Crippen molar-refractivity contribution in [2.75, 3.05) is 13.2 Å². The van der Waals surface area contributed by atoms with Gasteiger partial charge in [-0.3, -0.25) is 9.59 Å². The zero-order valence-electron chi connectivity index (χ0n) is 13.5. The minimum Gasteiger partial charge on any atom is -0.493 e. The number of alkyl halides is 1. The summed E-state index contributed by atoms with van der Waals surface area (Å²) in [7, 11) is 0. The van der Waals surface area contributed by atoms with Gasteiger partial charge < -0.3 is 9.47 Å². The van der Waals surface area contributed by atoms with Crippen molar-refractivity contribution in [1.82, 2.24) is 0 Å². The summed E-state index contributed by atoms with van der Waals surface area (Å²) in [4.78, 5) is 24.4. The lowest BCUT2D eigenvalue weighted by molar-refractivity contribution is -0.125. The molecular weight excluding hydrogens is 287 g/mol. The van der Waals surface area contributed by atoms with Crippen molar-refractivity contribution in [3.05, 3.63) is 23.8 Å². The van der Waals surface area contributed by atoms with Crippen LogP contribution in [0, 0.1) is 5.92 Å². The Morgan fingerprint density at radius 2 is 1.59 bits per heavy atom. The standard InChI is InChI=1S/C17H23FO4/c1-5-11(4)16(19)15(18)17(20)14-12(21-6-2)9-8-10-13(14)22-7-3/h8-11,15H,5-7H2,1-4H3. The second-order valence-corrected chi connectivity index (χ2v) is 4.93. The van der Waals surface area contributed by atoms with E-state index in [2.05, 4.69) is 0 Å². The van der Waals surface area contributed by atoms with Crippen LogP contribution >= 0.6 is 0 Å². The Kier molecular flexibility index (Phi) is 7.02. The van der Waals surface area contributed by atoms with Crippen LogP contribution in [-0.2, 0) is 4.79 Å². The number of benzene rings is 1. The highest BCUT2D eigenvalue weighted by Crippen LogP contribution is 2.31. The van der Waals surface area contributed by atoms with Crippen LogP contribution in [0.2, 0.25) is 0 Å². The van der Waals surface area contributed by atoms with E-state index in [9.17, 15) is 14.0 Å². The largest absolute Gasteiger partial charge is 0.493 e. The summed E-state index contributed by atoms with van der Waals surface area (Å²) in [5.41, 5.74) is -0.00430. The second kappa shape index (κ2) is 8.51. The molecule has 0 saturated carbocycles. The average Bonchev–Trinajstić information content (AvgIpc) is 2.53. The van der Waals surface area contributed by atoms with Crippen LogP contribution in [0.25, 0.3) is 0 Å². The lowest BCUT2D eigenvalue weighted by Crippen LogP contribution is -2.31. The molecule has 2 atom stereocenters. The van der Waals surface area contributed by atoms with Crippen LogP contribution in [0.5, 0.6) is 11.5 Å². The summed E-state index contributed by atoms with van der Waals surface area (Å²) in [6, 6.07) is 4.80. The summed E-state index contributed by atoms with van der Waals surface area (Å²) in [6.45, 7) is 7.57. The molecule has 0 aliphatic heterocycles. The molecule has 0 aliphatic rings. The number of ether oxygens (including phenoxy) is 2. The Morgan fingerprint density at radius 3 is 2.00 bits per heavy atom. The SMILES string of the molecule is CCOc1cccc(OCC)c1C(=O)C(F)C(=O)C(C)CC. The van der Waals surface area contributed by atoms with E-state index < -0.39 is 23.7 Å². The topological polar surface area (TPSA) is 52.6 Å². The van der Waals surface area contributed by atoms with Crippen molar-refractivity contribution < 1.29 is 23.5 Å². The van der Waals surface area contributed by atoms with Gasteiger partial charge in [-0.05, 0) is 32.4 Å². The molecule has 22 heavy (non-hydrogen) atoms. The Hall–Kier alpha value is -1.91. The van der Waals surface area contributed by atoms with Gasteiger partial charge in [-0.25, -0.2) is 4.39 Å². The van der Waals surface area contributed by atoms with Gasteiger partial charge in [0.2, 0.25) is 12.0 Å². The first-order chi connectivity index (χ1) is 10.5. The molecule has 2 unspecified atom stereocenters. The number of rotatable bonds is 9. The molecule has 0 amide bonds. The fraction of sp³-hybridized carbons (Fsp3) is 0.529. The first kappa shape index (κ1) is 18.1. The summed E-state index contributed by atoms with van der Waals surface area (Å²) in [6.07, 6.45) is -1.71. The predicted octanol–water partition coefficient (Wildman–Crippen LogP) is 3.62. The van der Waals surface area contributed by atoms with Crippen LogP contribution in [0.15, 0.2) is 18.2 Å². The van der Waals surface area contributed by atoms with Crippen molar-refractivity contribution in [2.24, 2.45) is 5.92 Å². The van der Waals surface area contributed by atoms with Gasteiger partial charge in [0.15, 0.2) is 5.78 Å². The van der Waals surface area contributed by atoms with E-state index in [0.29, 0.717) is 19.6 Å². The maximum absolute atomic E-state index is 14.3. The number of hydrogen-bond acceptors (Lipinski definition) is 4. The monoisotopic (exact) mass is 310 g/mol. The Morgan fingerprint density at radius 1 is 1.09 bits per heavy atom. The van der Waals surface area contributed by atoms with Crippen molar-refractivity contribution in [3.63, 3.8) is 0 Å². The van der Waals surface area contributed by atoms with Crippen LogP contribution in [0.3, 0.4) is 0 Å². The van der Waals surface area contributed by atoms with Gasteiger partial charge in [0, 0.05) is 5.92 Å². The third kappa shape index (κ3) is 4.06. The molecule has 0 fully saturated rings. The Labute approximate surface area is 130 Å². The highest BCUT2D eigenvalue weighted by Gasteiger charge is 2.33. The smallest absolute Gasteiger partial charge is 0.221 e. The number of Topliss-reactive ketones (excluding diaryl/α,β-unsaturated/α-hetero) is 2. The zero-order valence-corrected chi connectivity index (χ0v) is 13.5. The zero-order chi connectivity index (χ0) is 16.7. The molecule has 122 valence electrons. The number of halogens is 1. The minimum atomic E-state index is -2.20. The number of ketones is 2. The molecule has 4 nitrogen and oxygen atoms in total. The van der Waals surface area contributed by atoms with Crippen molar-refractivity contribution in [1.29, 1.82) is 0 Å². The number of carbonyl (C=O) groups is 2. The molecule has 0 radical (unpaired) electrons. The Balaban J connectivity index is 3.21. The number of hydrogen-bond donors (Lipinski definition) is 0. The van der Waals surface area contributed by atoms with Crippen LogP contribution in [0.4, 0.5) is 4.39 Å². The number of carbonyl (C=O) groups excluding carboxylic acids is 2. The lowest BCUT2D eigenvalue weighted by atomic mass is 9.94. The fourth-order valence-corrected chi connectivity index (χ4v) is 2.01. The van der Waals surface area contributed by atoms with E-state index in [1.165, 1.54) is 0 Å². The average molecular weight is 310 g/mol. The molecule has 1 aromatic rings. The molecule has 0 saturated heterocycles. The second-order valence-electron chi connectivity index (χ2n) is 4.93. The normalized spacial score (nSPS) is 13.3. The maximum Gasteiger partial charge on any atom is 0.221 e. The van der Waals surface area contributed by atoms with Crippen LogP contribution in [0.1, 0.15) is 44.5 Å². The Bertz CT molecular complexity index is 503.